The van der Waals surface area contributed by atoms with Crippen LogP contribution in [-0.4, -0.2) is 26.9 Å². The molecule has 0 spiro atoms. The minimum Gasteiger partial charge on any atom is -0.488 e. The summed E-state index contributed by atoms with van der Waals surface area (Å²) in [4.78, 5) is 15.8. The van der Waals surface area contributed by atoms with Crippen LogP contribution in [0.15, 0.2) is 65.8 Å². The largest absolute Gasteiger partial charge is 0.488 e. The summed E-state index contributed by atoms with van der Waals surface area (Å²) < 4.78 is 46.1. The summed E-state index contributed by atoms with van der Waals surface area (Å²) in [6.07, 6.45) is 0.0661. The maximum absolute atomic E-state index is 13.1. The molecule has 8 heteroatoms. The lowest BCUT2D eigenvalue weighted by Gasteiger charge is -2.21. The quantitative estimate of drug-likeness (QED) is 0.607. The number of hydrogen-bond acceptors (Lipinski definition) is 4. The van der Waals surface area contributed by atoms with Crippen molar-refractivity contribution in [3.05, 3.63) is 82.5 Å². The minimum absolute atomic E-state index is 0.269. The number of nitrogens with zero attached hydrogens (tertiary/aromatic N) is 2. The summed E-state index contributed by atoms with van der Waals surface area (Å²) in [6, 6.07) is 11.1. The van der Waals surface area contributed by atoms with Gasteiger partial charge in [-0.1, -0.05) is 18.2 Å². The van der Waals surface area contributed by atoms with Crippen molar-refractivity contribution in [3.63, 3.8) is 0 Å². The monoisotopic (exact) mass is 432 g/mol. The molecule has 2 heterocycles. The van der Waals surface area contributed by atoms with E-state index in [2.05, 4.69) is 4.98 Å². The summed E-state index contributed by atoms with van der Waals surface area (Å²) in [6.45, 7) is 1.75. The lowest BCUT2D eigenvalue weighted by Crippen LogP contribution is -2.29. The number of ether oxygens (including phenoxy) is 1. The van der Waals surface area contributed by atoms with E-state index in [1.165, 1.54) is 13.2 Å². The molecule has 0 unspecified atom stereocenters. The first kappa shape index (κ1) is 22.6. The van der Waals surface area contributed by atoms with Gasteiger partial charge < -0.3 is 14.4 Å². The van der Waals surface area contributed by atoms with Gasteiger partial charge >= 0.3 is 6.18 Å². The highest BCUT2D eigenvalue weighted by molar-refractivity contribution is 5.64. The van der Waals surface area contributed by atoms with Gasteiger partial charge in [0.1, 0.15) is 17.4 Å². The van der Waals surface area contributed by atoms with Crippen molar-refractivity contribution in [2.24, 2.45) is 7.05 Å². The number of hydrogen-bond donors (Lipinski definition) is 1. The molecule has 0 fully saturated rings. The first-order valence-corrected chi connectivity index (χ1v) is 9.77. The normalized spacial score (nSPS) is 13.6. The second-order valence-electron chi connectivity index (χ2n) is 7.37. The predicted molar refractivity (Wildman–Crippen MR) is 111 cm³/mol. The topological polar surface area (TPSA) is 64.3 Å². The van der Waals surface area contributed by atoms with Crippen LogP contribution in [0.25, 0.3) is 11.1 Å². The van der Waals surface area contributed by atoms with Crippen LogP contribution in [0.1, 0.15) is 24.5 Å². The number of aromatic nitrogens is 2. The second kappa shape index (κ2) is 9.34. The highest BCUT2D eigenvalue weighted by atomic mass is 19.4. The van der Waals surface area contributed by atoms with Crippen molar-refractivity contribution >= 4 is 0 Å². The molecular weight excluding hydrogens is 409 g/mol. The van der Waals surface area contributed by atoms with Crippen LogP contribution < -0.4 is 10.3 Å². The first-order valence-electron chi connectivity index (χ1n) is 9.77. The van der Waals surface area contributed by atoms with Gasteiger partial charge in [0.05, 0.1) is 6.10 Å². The van der Waals surface area contributed by atoms with Crippen molar-refractivity contribution in [2.45, 2.75) is 38.1 Å². The minimum atomic E-state index is -4.73. The summed E-state index contributed by atoms with van der Waals surface area (Å²) in [5, 5.41) is 10.4. The predicted octanol–water partition coefficient (Wildman–Crippen LogP) is 4.23. The van der Waals surface area contributed by atoms with E-state index in [1.807, 2.05) is 12.1 Å². The lowest BCUT2D eigenvalue weighted by molar-refractivity contribution is -0.138. The number of halogens is 3. The Morgan fingerprint density at radius 2 is 1.87 bits per heavy atom. The highest BCUT2D eigenvalue weighted by Crippen LogP contribution is 2.30. The molecule has 0 aliphatic carbocycles. The van der Waals surface area contributed by atoms with E-state index in [0.29, 0.717) is 24.2 Å². The van der Waals surface area contributed by atoms with Crippen LogP contribution in [0.3, 0.4) is 0 Å². The Balaban J connectivity index is 1.67. The van der Waals surface area contributed by atoms with E-state index < -0.39 is 29.5 Å². The van der Waals surface area contributed by atoms with E-state index in [4.69, 9.17) is 4.74 Å². The molecule has 3 aromatic rings. The van der Waals surface area contributed by atoms with Crippen LogP contribution in [0.2, 0.25) is 0 Å². The van der Waals surface area contributed by atoms with E-state index in [0.717, 1.165) is 16.2 Å². The zero-order chi connectivity index (χ0) is 22.6. The molecule has 1 aromatic carbocycles. The fraction of sp³-hybridized carbons (Fsp3) is 0.304. The standard InChI is InChI=1S/C23H23F3N2O3/c1-15(21(29)10-5-16-4-3-11-27-13-16)31-19-8-6-17(7-9-19)18-12-20(23(24,25)26)22(30)28(2)14-18/h3-4,6-9,11-15,21,29H,5,10H2,1-2H3/t15-,21+/m0/s1. The van der Waals surface area contributed by atoms with Crippen molar-refractivity contribution in [2.75, 3.05) is 0 Å². The Morgan fingerprint density at radius 3 is 2.48 bits per heavy atom. The Kier molecular flexibility index (Phi) is 6.80. The number of aliphatic hydroxyl groups excluding tert-OH is 1. The number of aryl methyl sites for hydroxylation is 2. The molecule has 164 valence electrons. The van der Waals surface area contributed by atoms with Crippen LogP contribution in [0.4, 0.5) is 13.2 Å². The molecule has 0 amide bonds. The third kappa shape index (κ3) is 5.73. The van der Waals surface area contributed by atoms with Crippen molar-refractivity contribution in [1.29, 1.82) is 0 Å². The molecule has 0 aliphatic rings. The molecule has 0 saturated carbocycles. The van der Waals surface area contributed by atoms with E-state index in [-0.39, 0.29) is 5.56 Å². The smallest absolute Gasteiger partial charge is 0.421 e. The van der Waals surface area contributed by atoms with Crippen molar-refractivity contribution < 1.29 is 23.0 Å². The van der Waals surface area contributed by atoms with Crippen LogP contribution in [0, 0.1) is 0 Å². The SMILES string of the molecule is C[C@H](Oc1ccc(-c2cc(C(F)(F)F)c(=O)n(C)c2)cc1)[C@H](O)CCc1cccnc1. The van der Waals surface area contributed by atoms with E-state index >= 15 is 0 Å². The van der Waals surface area contributed by atoms with Gasteiger partial charge in [-0.05, 0) is 60.7 Å². The molecule has 31 heavy (non-hydrogen) atoms. The maximum Gasteiger partial charge on any atom is 0.421 e. The summed E-state index contributed by atoms with van der Waals surface area (Å²) >= 11 is 0. The van der Waals surface area contributed by atoms with E-state index in [9.17, 15) is 23.1 Å². The fourth-order valence-electron chi connectivity index (χ4n) is 3.19. The first-order chi connectivity index (χ1) is 14.6. The molecular formula is C23H23F3N2O3. The van der Waals surface area contributed by atoms with E-state index in [1.54, 1.807) is 43.6 Å². The molecule has 5 nitrogen and oxygen atoms in total. The number of pyridine rings is 2. The van der Waals surface area contributed by atoms with Crippen molar-refractivity contribution in [3.8, 4) is 16.9 Å². The Bertz CT molecular complexity index is 1060. The van der Waals surface area contributed by atoms with Crippen molar-refractivity contribution in [1.82, 2.24) is 9.55 Å². The van der Waals surface area contributed by atoms with Gasteiger partial charge in [0, 0.05) is 25.6 Å². The van der Waals surface area contributed by atoms with Gasteiger partial charge in [0.2, 0.25) is 0 Å². The average molecular weight is 432 g/mol. The van der Waals surface area contributed by atoms with Gasteiger partial charge in [-0.15, -0.1) is 0 Å². The Hall–Kier alpha value is -3.13. The summed E-state index contributed by atoms with van der Waals surface area (Å²) in [5.74, 6) is 0.484. The summed E-state index contributed by atoms with van der Waals surface area (Å²) in [5.41, 5.74) is -0.499. The van der Waals surface area contributed by atoms with Gasteiger partial charge in [-0.25, -0.2) is 0 Å². The number of alkyl halides is 3. The number of rotatable bonds is 7. The Morgan fingerprint density at radius 1 is 1.16 bits per heavy atom. The zero-order valence-electron chi connectivity index (χ0n) is 17.1. The number of benzene rings is 1. The zero-order valence-corrected chi connectivity index (χ0v) is 17.1. The molecule has 0 radical (unpaired) electrons. The van der Waals surface area contributed by atoms with Crippen LogP contribution >= 0.6 is 0 Å². The third-order valence-electron chi connectivity index (χ3n) is 4.99. The van der Waals surface area contributed by atoms with Gasteiger partial charge in [0.15, 0.2) is 0 Å². The van der Waals surface area contributed by atoms with Crippen LogP contribution in [0.5, 0.6) is 5.75 Å². The molecule has 2 atom stereocenters. The molecule has 0 saturated heterocycles. The second-order valence-corrected chi connectivity index (χ2v) is 7.37. The van der Waals surface area contributed by atoms with Gasteiger partial charge in [-0.3, -0.25) is 9.78 Å². The fourth-order valence-corrected chi connectivity index (χ4v) is 3.19. The van der Waals surface area contributed by atoms with Crippen LogP contribution in [-0.2, 0) is 19.6 Å². The van der Waals surface area contributed by atoms with Gasteiger partial charge in [-0.2, -0.15) is 13.2 Å². The average Bonchev–Trinajstić information content (AvgIpc) is 2.74. The Labute approximate surface area is 177 Å². The van der Waals surface area contributed by atoms with Gasteiger partial charge in [0.25, 0.3) is 5.56 Å². The number of aliphatic hydroxyl groups is 1. The highest BCUT2D eigenvalue weighted by Gasteiger charge is 2.34. The molecule has 1 N–H and O–H groups in total. The molecule has 2 aromatic heterocycles. The third-order valence-corrected chi connectivity index (χ3v) is 4.99. The maximum atomic E-state index is 13.1. The molecule has 0 bridgehead atoms. The summed E-state index contributed by atoms with van der Waals surface area (Å²) in [7, 11) is 1.28. The molecule has 3 rings (SSSR count). The lowest BCUT2D eigenvalue weighted by atomic mass is 10.0. The molecule has 0 aliphatic heterocycles.